The van der Waals surface area contributed by atoms with Crippen molar-refractivity contribution in [3.8, 4) is 0 Å². The minimum Gasteiger partial charge on any atom is -0.272 e. The average molecular weight is 338 g/mol. The summed E-state index contributed by atoms with van der Waals surface area (Å²) in [6.07, 6.45) is 8.74. The minimum absolute atomic E-state index is 0.175. The van der Waals surface area contributed by atoms with Crippen LogP contribution in [0.1, 0.15) is 28.4 Å². The van der Waals surface area contributed by atoms with Crippen molar-refractivity contribution in [3.63, 3.8) is 0 Å². The van der Waals surface area contributed by atoms with E-state index in [-0.39, 0.29) is 5.91 Å². The smallest absolute Gasteiger partial charge is 0.272 e. The maximum absolute atomic E-state index is 11.9. The maximum atomic E-state index is 11.9. The van der Waals surface area contributed by atoms with Gasteiger partial charge in [0, 0.05) is 17.3 Å². The second-order valence-corrected chi connectivity index (χ2v) is 5.44. The molecule has 0 saturated carbocycles. The van der Waals surface area contributed by atoms with Crippen LogP contribution in [-0.2, 0) is 0 Å². The van der Waals surface area contributed by atoms with Gasteiger partial charge in [0.2, 0.25) is 0 Å². The van der Waals surface area contributed by atoms with E-state index in [4.69, 9.17) is 11.6 Å². The van der Waals surface area contributed by atoms with Gasteiger partial charge in [-0.1, -0.05) is 49.1 Å². The Labute approximate surface area is 146 Å². The number of pyridine rings is 1. The molecule has 0 amide bonds. The third-order valence-corrected chi connectivity index (χ3v) is 3.81. The van der Waals surface area contributed by atoms with Gasteiger partial charge < -0.3 is 0 Å². The van der Waals surface area contributed by atoms with Gasteiger partial charge in [0.15, 0.2) is 6.20 Å². The number of halogens is 1. The second-order valence-electron chi connectivity index (χ2n) is 5.08. The molecule has 1 aromatic carbocycles. The highest BCUT2D eigenvalue weighted by Crippen LogP contribution is 2.22. The van der Waals surface area contributed by atoms with Crippen molar-refractivity contribution in [1.29, 1.82) is 0 Å². The maximum Gasteiger partial charge on any atom is 0.390 e. The third kappa shape index (κ3) is 4.15. The second kappa shape index (κ2) is 8.18. The molecule has 0 unspecified atom stereocenters. The van der Waals surface area contributed by atoms with Gasteiger partial charge in [-0.3, -0.25) is 4.99 Å². The van der Waals surface area contributed by atoms with E-state index in [9.17, 15) is 4.79 Å². The van der Waals surface area contributed by atoms with Gasteiger partial charge in [0.1, 0.15) is 0 Å². The quantitative estimate of drug-likeness (QED) is 0.337. The minimum atomic E-state index is -0.175. The number of hydrogen-bond donors (Lipinski definition) is 0. The number of allylic oxidation sites excluding steroid dienone is 2. The molecular weight excluding hydrogens is 320 g/mol. The monoisotopic (exact) mass is 337 g/mol. The highest BCUT2D eigenvalue weighted by Gasteiger charge is 2.20. The number of benzene rings is 1. The first-order valence-corrected chi connectivity index (χ1v) is 7.72. The van der Waals surface area contributed by atoms with Gasteiger partial charge in [-0.05, 0) is 36.0 Å². The van der Waals surface area contributed by atoms with E-state index in [1.54, 1.807) is 18.5 Å². The Bertz CT molecular complexity index is 836. The number of carbonyl (C=O) groups is 1. The molecule has 1 heterocycles. The molecule has 0 spiro atoms. The fourth-order valence-corrected chi connectivity index (χ4v) is 2.48. The van der Waals surface area contributed by atoms with Crippen molar-refractivity contribution in [2.45, 2.75) is 6.92 Å². The van der Waals surface area contributed by atoms with Crippen LogP contribution in [0.4, 0.5) is 0 Å². The van der Waals surface area contributed by atoms with Gasteiger partial charge in [-0.25, -0.2) is 4.79 Å². The van der Waals surface area contributed by atoms with Crippen LogP contribution in [0, 0.1) is 0 Å². The van der Waals surface area contributed by atoms with Gasteiger partial charge in [-0.15, -0.1) is 4.57 Å². The Morgan fingerprint density at radius 2 is 1.96 bits per heavy atom. The topological polar surface area (TPSA) is 33.3 Å². The van der Waals surface area contributed by atoms with E-state index in [2.05, 4.69) is 18.3 Å². The van der Waals surface area contributed by atoms with Crippen LogP contribution in [0.3, 0.4) is 0 Å². The molecule has 2 aromatic rings. The summed E-state index contributed by atoms with van der Waals surface area (Å²) in [5, 5.41) is 0.355. The van der Waals surface area contributed by atoms with Gasteiger partial charge in [-0.2, -0.15) is 0 Å². The molecule has 0 N–H and O–H groups in total. The summed E-state index contributed by atoms with van der Waals surface area (Å²) in [6, 6.07) is 11.7. The molecule has 0 fully saturated rings. The first-order valence-electron chi connectivity index (χ1n) is 7.35. The fourth-order valence-electron chi connectivity index (χ4n) is 2.20. The lowest BCUT2D eigenvalue weighted by Crippen LogP contribution is -2.42. The van der Waals surface area contributed by atoms with Crippen LogP contribution in [-0.4, -0.2) is 12.6 Å². The average Bonchev–Trinajstić information content (AvgIpc) is 2.59. The summed E-state index contributed by atoms with van der Waals surface area (Å²) in [6.45, 7) is 8.70. The summed E-state index contributed by atoms with van der Waals surface area (Å²) < 4.78 is 1.40. The van der Waals surface area contributed by atoms with Crippen LogP contribution in [0.5, 0.6) is 0 Å². The molecule has 0 atom stereocenters. The summed E-state index contributed by atoms with van der Waals surface area (Å²) in [4.78, 5) is 15.7. The van der Waals surface area contributed by atoms with E-state index in [1.165, 1.54) is 11.5 Å². The van der Waals surface area contributed by atoms with E-state index < -0.39 is 0 Å². The number of hydrogen-bond acceptors (Lipinski definition) is 2. The largest absolute Gasteiger partial charge is 0.390 e. The standard InChI is InChI=1S/C20H18ClN2O/c1-4-17(13-22-3)19-12-18(20(21)23(14-19)15(2)24)11-10-16-8-6-5-7-9-16/h4-14H,1,3H2,2H3/q+1/b11-10+,17-13+. The van der Waals surface area contributed by atoms with Gasteiger partial charge >= 0.3 is 5.91 Å². The lowest BCUT2D eigenvalue weighted by atomic mass is 10.1. The molecule has 0 radical (unpaired) electrons. The predicted molar refractivity (Wildman–Crippen MR) is 101 cm³/mol. The van der Waals surface area contributed by atoms with E-state index in [0.717, 1.165) is 22.3 Å². The predicted octanol–water partition coefficient (Wildman–Crippen LogP) is 4.69. The van der Waals surface area contributed by atoms with Crippen LogP contribution in [0.25, 0.3) is 17.7 Å². The summed E-state index contributed by atoms with van der Waals surface area (Å²) >= 11 is 6.38. The van der Waals surface area contributed by atoms with E-state index in [1.807, 2.05) is 48.6 Å². The first kappa shape index (κ1) is 17.6. The number of aromatic nitrogens is 1. The summed E-state index contributed by atoms with van der Waals surface area (Å²) in [5.74, 6) is -0.175. The van der Waals surface area contributed by atoms with Crippen molar-refractivity contribution in [3.05, 3.63) is 83.3 Å². The van der Waals surface area contributed by atoms with Crippen LogP contribution < -0.4 is 4.57 Å². The fraction of sp³-hybridized carbons (Fsp3) is 0.0500. The van der Waals surface area contributed by atoms with Gasteiger partial charge in [0.25, 0.3) is 5.15 Å². The normalized spacial score (nSPS) is 11.5. The molecule has 2 rings (SSSR count). The van der Waals surface area contributed by atoms with Crippen molar-refractivity contribution in [1.82, 2.24) is 0 Å². The summed E-state index contributed by atoms with van der Waals surface area (Å²) in [7, 11) is 0. The summed E-state index contributed by atoms with van der Waals surface area (Å²) in [5.41, 5.74) is 3.31. The van der Waals surface area contributed by atoms with Crippen molar-refractivity contribution < 1.29 is 9.36 Å². The van der Waals surface area contributed by atoms with Crippen LogP contribution in [0.2, 0.25) is 5.15 Å². The third-order valence-electron chi connectivity index (χ3n) is 3.41. The molecule has 3 nitrogen and oxygen atoms in total. The molecule has 0 aliphatic carbocycles. The van der Waals surface area contributed by atoms with Crippen LogP contribution >= 0.6 is 11.6 Å². The molecule has 0 saturated heterocycles. The Hall–Kier alpha value is -2.78. The molecular formula is C20H18ClN2O+. The molecule has 0 bridgehead atoms. The Morgan fingerprint density at radius 1 is 1.25 bits per heavy atom. The Balaban J connectivity index is 2.57. The Kier molecular flexibility index (Phi) is 5.99. The molecule has 24 heavy (non-hydrogen) atoms. The van der Waals surface area contributed by atoms with Crippen LogP contribution in [0.15, 0.2) is 66.4 Å². The lowest BCUT2D eigenvalue weighted by Gasteiger charge is -2.04. The Morgan fingerprint density at radius 3 is 2.54 bits per heavy atom. The molecule has 4 heteroatoms. The highest BCUT2D eigenvalue weighted by atomic mass is 35.5. The zero-order chi connectivity index (χ0) is 17.5. The lowest BCUT2D eigenvalue weighted by molar-refractivity contribution is -0.570. The van der Waals surface area contributed by atoms with Crippen molar-refractivity contribution in [2.75, 3.05) is 0 Å². The van der Waals surface area contributed by atoms with Gasteiger partial charge in [0.05, 0.1) is 12.5 Å². The van der Waals surface area contributed by atoms with E-state index in [0.29, 0.717) is 5.15 Å². The first-order chi connectivity index (χ1) is 11.6. The zero-order valence-corrected chi connectivity index (χ0v) is 14.2. The van der Waals surface area contributed by atoms with E-state index >= 15 is 0 Å². The number of carbonyl (C=O) groups excluding carboxylic acids is 1. The van der Waals surface area contributed by atoms with Crippen molar-refractivity contribution >= 4 is 42.0 Å². The number of rotatable bonds is 5. The molecule has 120 valence electrons. The van der Waals surface area contributed by atoms with Crippen molar-refractivity contribution in [2.24, 2.45) is 4.99 Å². The zero-order valence-electron chi connectivity index (χ0n) is 13.4. The molecule has 1 aromatic heterocycles. The molecule has 0 aliphatic rings. The highest BCUT2D eigenvalue weighted by molar-refractivity contribution is 6.30. The SMILES string of the molecule is C=C/C(=C\N=C)c1cc(/C=C/c2ccccc2)c(Cl)[n+](C(C)=O)c1. The number of aliphatic imine (C=N–C) groups is 1. The number of nitrogens with zero attached hydrogens (tertiary/aromatic N) is 2. The molecule has 0 aliphatic heterocycles.